The summed E-state index contributed by atoms with van der Waals surface area (Å²) in [5.41, 5.74) is 2.59. The molecule has 0 atom stereocenters. The molecule has 0 N–H and O–H groups in total. The molecule has 1 aliphatic heterocycles. The van der Waals surface area contributed by atoms with E-state index in [2.05, 4.69) is 0 Å². The van der Waals surface area contributed by atoms with Crippen molar-refractivity contribution in [3.05, 3.63) is 93.0 Å². The van der Waals surface area contributed by atoms with E-state index < -0.39 is 16.7 Å². The summed E-state index contributed by atoms with van der Waals surface area (Å²) in [7, 11) is 0. The number of nitro benzene ring substituents is 1. The van der Waals surface area contributed by atoms with Gasteiger partial charge in [-0.25, -0.2) is 4.90 Å². The SMILES string of the molecule is Cc1ccc(Oc2ccc(N3C(=O)c4ccc([N+](=O)[O-])cc4C3=O)cc2)cc1C. The molecule has 7 nitrogen and oxygen atoms in total. The van der Waals surface area contributed by atoms with Crippen LogP contribution >= 0.6 is 0 Å². The summed E-state index contributed by atoms with van der Waals surface area (Å²) in [6.45, 7) is 4.02. The second kappa shape index (κ2) is 6.87. The highest BCUT2D eigenvalue weighted by molar-refractivity contribution is 6.34. The van der Waals surface area contributed by atoms with Gasteiger partial charge in [-0.15, -0.1) is 0 Å². The van der Waals surface area contributed by atoms with E-state index in [1.165, 1.54) is 17.7 Å². The van der Waals surface area contributed by atoms with Crippen molar-refractivity contribution < 1.29 is 19.2 Å². The molecule has 0 saturated heterocycles. The summed E-state index contributed by atoms with van der Waals surface area (Å²) < 4.78 is 5.83. The minimum atomic E-state index is -0.598. The van der Waals surface area contributed by atoms with Gasteiger partial charge in [-0.2, -0.15) is 0 Å². The third-order valence-electron chi connectivity index (χ3n) is 4.89. The average Bonchev–Trinajstić information content (AvgIpc) is 2.95. The number of imide groups is 1. The van der Waals surface area contributed by atoms with E-state index in [1.54, 1.807) is 24.3 Å². The number of non-ortho nitro benzene ring substituents is 1. The predicted molar refractivity (Wildman–Crippen MR) is 107 cm³/mol. The third kappa shape index (κ3) is 3.23. The summed E-state index contributed by atoms with van der Waals surface area (Å²) in [4.78, 5) is 36.7. The van der Waals surface area contributed by atoms with Crippen LogP contribution in [0, 0.1) is 24.0 Å². The summed E-state index contributed by atoms with van der Waals surface area (Å²) in [6, 6.07) is 16.0. The molecule has 0 radical (unpaired) electrons. The lowest BCUT2D eigenvalue weighted by molar-refractivity contribution is -0.384. The van der Waals surface area contributed by atoms with Crippen LogP contribution in [0.25, 0.3) is 0 Å². The number of nitro groups is 1. The van der Waals surface area contributed by atoms with E-state index in [1.807, 2.05) is 32.0 Å². The number of amides is 2. The lowest BCUT2D eigenvalue weighted by atomic mass is 10.1. The van der Waals surface area contributed by atoms with E-state index in [0.29, 0.717) is 17.2 Å². The quantitative estimate of drug-likeness (QED) is 0.364. The van der Waals surface area contributed by atoms with E-state index in [0.717, 1.165) is 16.5 Å². The van der Waals surface area contributed by atoms with Crippen LogP contribution in [-0.2, 0) is 0 Å². The van der Waals surface area contributed by atoms with Gasteiger partial charge in [0.15, 0.2) is 0 Å². The minimum absolute atomic E-state index is 0.0275. The molecule has 29 heavy (non-hydrogen) atoms. The number of carbonyl (C=O) groups is 2. The third-order valence-corrected chi connectivity index (χ3v) is 4.89. The molecule has 0 aromatic heterocycles. The number of anilines is 1. The van der Waals surface area contributed by atoms with Crippen LogP contribution in [0.2, 0.25) is 0 Å². The van der Waals surface area contributed by atoms with Gasteiger partial charge in [0.25, 0.3) is 17.5 Å². The van der Waals surface area contributed by atoms with Gasteiger partial charge in [0, 0.05) is 12.1 Å². The number of rotatable bonds is 4. The van der Waals surface area contributed by atoms with Gasteiger partial charge < -0.3 is 4.74 Å². The molecule has 7 heteroatoms. The molecule has 0 fully saturated rings. The fraction of sp³-hybridized carbons (Fsp3) is 0.0909. The van der Waals surface area contributed by atoms with Gasteiger partial charge in [-0.3, -0.25) is 19.7 Å². The molecule has 1 heterocycles. The van der Waals surface area contributed by atoms with Crippen LogP contribution < -0.4 is 9.64 Å². The molecule has 3 aromatic rings. The van der Waals surface area contributed by atoms with E-state index in [9.17, 15) is 19.7 Å². The number of ether oxygens (including phenoxy) is 1. The number of carbonyl (C=O) groups excluding carboxylic acids is 2. The van der Waals surface area contributed by atoms with Gasteiger partial charge in [0.2, 0.25) is 0 Å². The fourth-order valence-corrected chi connectivity index (χ4v) is 3.15. The van der Waals surface area contributed by atoms with Gasteiger partial charge in [0.05, 0.1) is 21.7 Å². The zero-order valence-electron chi connectivity index (χ0n) is 15.7. The van der Waals surface area contributed by atoms with Gasteiger partial charge >= 0.3 is 0 Å². The number of benzene rings is 3. The second-order valence-electron chi connectivity index (χ2n) is 6.77. The Morgan fingerprint density at radius 1 is 0.793 bits per heavy atom. The standard InChI is InChI=1S/C22H16N2O5/c1-13-3-7-18(11-14(13)2)29-17-8-4-15(5-9-17)23-21(25)19-10-6-16(24(27)28)12-20(19)22(23)26/h3-12H,1-2H3. The summed E-state index contributed by atoms with van der Waals surface area (Å²) in [6.07, 6.45) is 0. The van der Waals surface area contributed by atoms with Crippen LogP contribution in [-0.4, -0.2) is 16.7 Å². The summed E-state index contributed by atoms with van der Waals surface area (Å²) >= 11 is 0. The lowest BCUT2D eigenvalue weighted by Crippen LogP contribution is -2.29. The topological polar surface area (TPSA) is 89.8 Å². The Hall–Kier alpha value is -4.00. The average molecular weight is 388 g/mol. The maximum absolute atomic E-state index is 12.7. The zero-order valence-corrected chi connectivity index (χ0v) is 15.7. The monoisotopic (exact) mass is 388 g/mol. The van der Waals surface area contributed by atoms with Gasteiger partial charge in [-0.1, -0.05) is 6.07 Å². The molecule has 0 aliphatic carbocycles. The van der Waals surface area contributed by atoms with Crippen molar-refractivity contribution >= 4 is 23.2 Å². The van der Waals surface area contributed by atoms with E-state index in [4.69, 9.17) is 4.74 Å². The van der Waals surface area contributed by atoms with Crippen LogP contribution in [0.4, 0.5) is 11.4 Å². The zero-order chi connectivity index (χ0) is 20.7. The number of nitrogens with zero attached hydrogens (tertiary/aromatic N) is 2. The first kappa shape index (κ1) is 18.4. The van der Waals surface area contributed by atoms with Crippen molar-refractivity contribution in [2.75, 3.05) is 4.90 Å². The number of hydrogen-bond donors (Lipinski definition) is 0. The Bertz CT molecular complexity index is 1170. The number of aryl methyl sites for hydroxylation is 2. The van der Waals surface area contributed by atoms with Crippen molar-refractivity contribution in [1.29, 1.82) is 0 Å². The van der Waals surface area contributed by atoms with Crippen molar-refractivity contribution in [3.8, 4) is 11.5 Å². The van der Waals surface area contributed by atoms with E-state index in [-0.39, 0.29) is 16.8 Å². The molecule has 144 valence electrons. The first-order chi connectivity index (χ1) is 13.8. The van der Waals surface area contributed by atoms with Crippen molar-refractivity contribution in [1.82, 2.24) is 0 Å². The van der Waals surface area contributed by atoms with Crippen molar-refractivity contribution in [2.45, 2.75) is 13.8 Å². The molecule has 1 aliphatic rings. The van der Waals surface area contributed by atoms with Crippen molar-refractivity contribution in [3.63, 3.8) is 0 Å². The molecular weight excluding hydrogens is 372 g/mol. The largest absolute Gasteiger partial charge is 0.457 e. The Morgan fingerprint density at radius 2 is 1.45 bits per heavy atom. The first-order valence-corrected chi connectivity index (χ1v) is 8.87. The molecule has 0 bridgehead atoms. The van der Waals surface area contributed by atoms with Crippen LogP contribution in [0.5, 0.6) is 11.5 Å². The van der Waals surface area contributed by atoms with Crippen LogP contribution in [0.15, 0.2) is 60.7 Å². The Kier molecular flexibility index (Phi) is 4.35. The second-order valence-corrected chi connectivity index (χ2v) is 6.77. The minimum Gasteiger partial charge on any atom is -0.457 e. The van der Waals surface area contributed by atoms with Gasteiger partial charge in [-0.05, 0) is 67.4 Å². The molecule has 0 saturated carbocycles. The van der Waals surface area contributed by atoms with Crippen molar-refractivity contribution in [2.24, 2.45) is 0 Å². The maximum Gasteiger partial charge on any atom is 0.270 e. The summed E-state index contributed by atoms with van der Waals surface area (Å²) in [5, 5.41) is 10.9. The van der Waals surface area contributed by atoms with Gasteiger partial charge in [0.1, 0.15) is 11.5 Å². The maximum atomic E-state index is 12.7. The molecule has 3 aromatic carbocycles. The van der Waals surface area contributed by atoms with Crippen LogP contribution in [0.3, 0.4) is 0 Å². The number of fused-ring (bicyclic) bond motifs is 1. The van der Waals surface area contributed by atoms with Crippen LogP contribution in [0.1, 0.15) is 31.8 Å². The molecule has 0 unspecified atom stereocenters. The molecule has 4 rings (SSSR count). The fourth-order valence-electron chi connectivity index (χ4n) is 3.15. The Balaban J connectivity index is 1.59. The Labute approximate surface area is 166 Å². The lowest BCUT2D eigenvalue weighted by Gasteiger charge is -2.14. The molecular formula is C22H16N2O5. The smallest absolute Gasteiger partial charge is 0.270 e. The normalized spacial score (nSPS) is 12.8. The highest BCUT2D eigenvalue weighted by Crippen LogP contribution is 2.32. The van der Waals surface area contributed by atoms with E-state index >= 15 is 0 Å². The predicted octanol–water partition coefficient (Wildman–Crippen LogP) is 4.80. The Morgan fingerprint density at radius 3 is 2.10 bits per heavy atom. The first-order valence-electron chi connectivity index (χ1n) is 8.87. The number of hydrogen-bond acceptors (Lipinski definition) is 5. The molecule has 0 spiro atoms. The summed E-state index contributed by atoms with van der Waals surface area (Å²) in [5.74, 6) is 0.150. The highest BCUT2D eigenvalue weighted by atomic mass is 16.6. The molecule has 2 amide bonds. The highest BCUT2D eigenvalue weighted by Gasteiger charge is 2.37.